The average Bonchev–Trinajstić information content (AvgIpc) is 2.17. The van der Waals surface area contributed by atoms with E-state index in [0.29, 0.717) is 6.04 Å². The molecule has 0 radical (unpaired) electrons. The minimum Gasteiger partial charge on any atom is -0.314 e. The normalized spacial score (nSPS) is 12.8. The molecule has 1 unspecified atom stereocenters. The van der Waals surface area contributed by atoms with Crippen LogP contribution in [0.3, 0.4) is 0 Å². The van der Waals surface area contributed by atoms with Crippen LogP contribution in [-0.2, 0) is 0 Å². The molecule has 0 spiro atoms. The lowest BCUT2D eigenvalue weighted by molar-refractivity contribution is 0.620. The summed E-state index contributed by atoms with van der Waals surface area (Å²) in [5.74, 6) is 1.09. The predicted octanol–water partition coefficient (Wildman–Crippen LogP) is 3.43. The van der Waals surface area contributed by atoms with Gasteiger partial charge in [0.1, 0.15) is 0 Å². The Balaban J connectivity index is 2.34. The van der Waals surface area contributed by atoms with Crippen molar-refractivity contribution in [2.24, 2.45) is 0 Å². The number of hydrogen-bond donors (Lipinski definition) is 1. The lowest BCUT2D eigenvalue weighted by Crippen LogP contribution is -2.27. The highest BCUT2D eigenvalue weighted by molar-refractivity contribution is 7.99. The first-order chi connectivity index (χ1) is 6.72. The second-order valence-electron chi connectivity index (χ2n) is 3.22. The van der Waals surface area contributed by atoms with E-state index in [4.69, 9.17) is 11.6 Å². The van der Waals surface area contributed by atoms with Gasteiger partial charge in [-0.15, -0.1) is 11.8 Å². The molecule has 0 bridgehead atoms. The van der Waals surface area contributed by atoms with Crippen molar-refractivity contribution < 1.29 is 0 Å². The first kappa shape index (κ1) is 11.9. The predicted molar refractivity (Wildman–Crippen MR) is 65.3 cm³/mol. The Labute approximate surface area is 95.2 Å². The third-order valence-corrected chi connectivity index (χ3v) is 3.39. The molecule has 0 saturated carbocycles. The summed E-state index contributed by atoms with van der Waals surface area (Å²) in [6.07, 6.45) is 0. The van der Waals surface area contributed by atoms with Crippen molar-refractivity contribution in [3.63, 3.8) is 0 Å². The van der Waals surface area contributed by atoms with E-state index in [-0.39, 0.29) is 0 Å². The van der Waals surface area contributed by atoms with Gasteiger partial charge in [0, 0.05) is 21.7 Å². The lowest BCUT2D eigenvalue weighted by Gasteiger charge is -2.11. The molecule has 1 N–H and O–H groups in total. The van der Waals surface area contributed by atoms with Crippen LogP contribution in [0.25, 0.3) is 0 Å². The van der Waals surface area contributed by atoms with Gasteiger partial charge in [0.2, 0.25) is 0 Å². The molecule has 78 valence electrons. The second kappa shape index (κ2) is 6.33. The molecule has 1 rings (SSSR count). The van der Waals surface area contributed by atoms with Crippen LogP contribution in [0.1, 0.15) is 13.8 Å². The van der Waals surface area contributed by atoms with Crippen molar-refractivity contribution in [2.75, 3.05) is 12.3 Å². The fourth-order valence-corrected chi connectivity index (χ4v) is 2.17. The van der Waals surface area contributed by atoms with Crippen LogP contribution in [0.15, 0.2) is 29.2 Å². The number of rotatable bonds is 5. The van der Waals surface area contributed by atoms with E-state index in [1.807, 2.05) is 23.9 Å². The monoisotopic (exact) mass is 229 g/mol. The number of halogens is 1. The molecule has 0 saturated heterocycles. The summed E-state index contributed by atoms with van der Waals surface area (Å²) in [4.78, 5) is 1.28. The third kappa shape index (κ3) is 4.36. The highest BCUT2D eigenvalue weighted by Crippen LogP contribution is 2.20. The number of nitrogens with one attached hydrogen (secondary N) is 1. The highest BCUT2D eigenvalue weighted by Gasteiger charge is 2.00. The van der Waals surface area contributed by atoms with Crippen LogP contribution in [0, 0.1) is 0 Å². The summed E-state index contributed by atoms with van der Waals surface area (Å²) >= 11 is 7.66. The third-order valence-electron chi connectivity index (χ3n) is 1.87. The Morgan fingerprint density at radius 2 is 2.00 bits per heavy atom. The summed E-state index contributed by atoms with van der Waals surface area (Å²) in [6, 6.07) is 8.54. The Bertz CT molecular complexity index is 260. The molecule has 0 aliphatic carbocycles. The molecule has 3 heteroatoms. The van der Waals surface area contributed by atoms with Gasteiger partial charge in [-0.25, -0.2) is 0 Å². The molecule has 1 aromatic carbocycles. The number of thioether (sulfide) groups is 1. The van der Waals surface area contributed by atoms with Gasteiger partial charge >= 0.3 is 0 Å². The first-order valence-corrected chi connectivity index (χ1v) is 6.20. The van der Waals surface area contributed by atoms with Gasteiger partial charge in [-0.1, -0.05) is 18.5 Å². The number of hydrogen-bond acceptors (Lipinski definition) is 2. The Morgan fingerprint density at radius 1 is 1.36 bits per heavy atom. The van der Waals surface area contributed by atoms with Crippen molar-refractivity contribution in [1.29, 1.82) is 0 Å². The summed E-state index contributed by atoms with van der Waals surface area (Å²) in [5.41, 5.74) is 0. The van der Waals surface area contributed by atoms with Gasteiger partial charge in [0.05, 0.1) is 0 Å². The molecule has 14 heavy (non-hydrogen) atoms. The van der Waals surface area contributed by atoms with Crippen LogP contribution in [-0.4, -0.2) is 18.3 Å². The zero-order chi connectivity index (χ0) is 10.4. The van der Waals surface area contributed by atoms with Gasteiger partial charge in [-0.05, 0) is 37.7 Å². The van der Waals surface area contributed by atoms with E-state index in [1.54, 1.807) is 0 Å². The van der Waals surface area contributed by atoms with Crippen molar-refractivity contribution in [2.45, 2.75) is 24.8 Å². The molecular formula is C11H16ClNS. The molecular weight excluding hydrogens is 214 g/mol. The fourth-order valence-electron chi connectivity index (χ4n) is 1.16. The Kier molecular flexibility index (Phi) is 5.38. The van der Waals surface area contributed by atoms with Crippen LogP contribution in [0.5, 0.6) is 0 Å². The molecule has 1 nitrogen and oxygen atoms in total. The highest BCUT2D eigenvalue weighted by atomic mass is 35.5. The van der Waals surface area contributed by atoms with Crippen LogP contribution >= 0.6 is 23.4 Å². The standard InChI is InChI=1S/C11H16ClNS/c1-3-13-9(2)8-14-11-6-4-10(12)5-7-11/h4-7,9,13H,3,8H2,1-2H3. The van der Waals surface area contributed by atoms with Crippen LogP contribution in [0.4, 0.5) is 0 Å². The van der Waals surface area contributed by atoms with Gasteiger partial charge < -0.3 is 5.32 Å². The van der Waals surface area contributed by atoms with Gasteiger partial charge in [-0.3, -0.25) is 0 Å². The van der Waals surface area contributed by atoms with Gasteiger partial charge in [0.25, 0.3) is 0 Å². The lowest BCUT2D eigenvalue weighted by atomic mass is 10.4. The maximum absolute atomic E-state index is 5.80. The smallest absolute Gasteiger partial charge is 0.0406 e. The van der Waals surface area contributed by atoms with E-state index in [0.717, 1.165) is 17.3 Å². The van der Waals surface area contributed by atoms with E-state index in [1.165, 1.54) is 4.90 Å². The average molecular weight is 230 g/mol. The van der Waals surface area contributed by atoms with Crippen molar-refractivity contribution >= 4 is 23.4 Å². The zero-order valence-corrected chi connectivity index (χ0v) is 10.2. The van der Waals surface area contributed by atoms with Crippen LogP contribution < -0.4 is 5.32 Å². The first-order valence-electron chi connectivity index (χ1n) is 4.84. The van der Waals surface area contributed by atoms with E-state index >= 15 is 0 Å². The van der Waals surface area contributed by atoms with Crippen molar-refractivity contribution in [3.8, 4) is 0 Å². The topological polar surface area (TPSA) is 12.0 Å². The summed E-state index contributed by atoms with van der Waals surface area (Å²) in [7, 11) is 0. The van der Waals surface area contributed by atoms with E-state index < -0.39 is 0 Å². The van der Waals surface area contributed by atoms with E-state index in [2.05, 4.69) is 31.3 Å². The molecule has 1 aromatic rings. The minimum atomic E-state index is 0.556. The van der Waals surface area contributed by atoms with E-state index in [9.17, 15) is 0 Å². The molecule has 0 aromatic heterocycles. The van der Waals surface area contributed by atoms with Crippen LogP contribution in [0.2, 0.25) is 5.02 Å². The summed E-state index contributed by atoms with van der Waals surface area (Å²) < 4.78 is 0. The van der Waals surface area contributed by atoms with Gasteiger partial charge in [-0.2, -0.15) is 0 Å². The molecule has 0 heterocycles. The molecule has 0 amide bonds. The fraction of sp³-hybridized carbons (Fsp3) is 0.455. The van der Waals surface area contributed by atoms with Crippen molar-refractivity contribution in [1.82, 2.24) is 5.32 Å². The molecule has 1 atom stereocenters. The van der Waals surface area contributed by atoms with Crippen molar-refractivity contribution in [3.05, 3.63) is 29.3 Å². The summed E-state index contributed by atoms with van der Waals surface area (Å²) in [6.45, 7) is 5.36. The SMILES string of the molecule is CCNC(C)CSc1ccc(Cl)cc1. The molecule has 0 fully saturated rings. The zero-order valence-electron chi connectivity index (χ0n) is 8.59. The minimum absolute atomic E-state index is 0.556. The maximum Gasteiger partial charge on any atom is 0.0406 e. The summed E-state index contributed by atoms with van der Waals surface area (Å²) in [5, 5.41) is 4.18. The second-order valence-corrected chi connectivity index (χ2v) is 4.75. The quantitative estimate of drug-likeness (QED) is 0.777. The molecule has 0 aliphatic rings. The Hall–Kier alpha value is -0.180. The largest absolute Gasteiger partial charge is 0.314 e. The number of benzene rings is 1. The molecule has 0 aliphatic heterocycles. The Morgan fingerprint density at radius 3 is 2.57 bits per heavy atom. The van der Waals surface area contributed by atoms with Gasteiger partial charge in [0.15, 0.2) is 0 Å². The maximum atomic E-state index is 5.80.